The minimum Gasteiger partial charge on any atom is -0.497 e. The molecule has 1 amide bonds. The molecule has 0 aromatic heterocycles. The third-order valence-corrected chi connectivity index (χ3v) is 6.89. The first kappa shape index (κ1) is 22.4. The zero-order valence-corrected chi connectivity index (χ0v) is 18.3. The van der Waals surface area contributed by atoms with E-state index in [9.17, 15) is 13.2 Å². The summed E-state index contributed by atoms with van der Waals surface area (Å²) in [6, 6.07) is 9.40. The predicted molar refractivity (Wildman–Crippen MR) is 113 cm³/mol. The number of nitrogens with zero attached hydrogens (tertiary/aromatic N) is 1. The Morgan fingerprint density at radius 2 is 1.87 bits per heavy atom. The molecule has 0 aliphatic carbocycles. The Kier molecular flexibility index (Phi) is 7.19. The summed E-state index contributed by atoms with van der Waals surface area (Å²) in [7, 11) is -0.655. The number of rotatable bonds is 7. The number of anilines is 1. The van der Waals surface area contributed by atoms with Crippen LogP contribution in [-0.4, -0.2) is 59.2 Å². The zero-order chi connectivity index (χ0) is 21.7. The minimum atomic E-state index is -3.70. The first-order chi connectivity index (χ1) is 14.3. The van der Waals surface area contributed by atoms with Gasteiger partial charge in [0, 0.05) is 24.7 Å². The second-order valence-electron chi connectivity index (χ2n) is 6.56. The predicted octanol–water partition coefficient (Wildman–Crippen LogP) is 2.56. The molecular formula is C20H23ClN2O6S. The summed E-state index contributed by atoms with van der Waals surface area (Å²) in [4.78, 5) is 12.6. The van der Waals surface area contributed by atoms with Crippen molar-refractivity contribution in [1.82, 2.24) is 4.31 Å². The highest BCUT2D eigenvalue weighted by Crippen LogP contribution is 2.29. The van der Waals surface area contributed by atoms with E-state index in [1.165, 1.54) is 29.6 Å². The molecule has 0 radical (unpaired) electrons. The van der Waals surface area contributed by atoms with Gasteiger partial charge >= 0.3 is 0 Å². The number of ether oxygens (including phenoxy) is 3. The number of amides is 1. The maximum atomic E-state index is 12.9. The molecule has 1 fully saturated rings. The largest absolute Gasteiger partial charge is 0.497 e. The molecule has 0 atom stereocenters. The van der Waals surface area contributed by atoms with Crippen LogP contribution in [0.4, 0.5) is 5.69 Å². The van der Waals surface area contributed by atoms with Crippen LogP contribution in [0, 0.1) is 0 Å². The van der Waals surface area contributed by atoms with Gasteiger partial charge in [-0.3, -0.25) is 4.79 Å². The summed E-state index contributed by atoms with van der Waals surface area (Å²) in [5.74, 6) is 0.764. The molecule has 8 nitrogen and oxygen atoms in total. The molecule has 2 aromatic rings. The van der Waals surface area contributed by atoms with E-state index in [-0.39, 0.29) is 41.0 Å². The first-order valence-electron chi connectivity index (χ1n) is 9.23. The zero-order valence-electron chi connectivity index (χ0n) is 16.7. The Balaban J connectivity index is 1.78. The number of hydrogen-bond donors (Lipinski definition) is 1. The number of sulfonamides is 1. The molecule has 0 saturated carbocycles. The molecule has 30 heavy (non-hydrogen) atoms. The monoisotopic (exact) mass is 454 g/mol. The molecule has 0 bridgehead atoms. The highest BCUT2D eigenvalue weighted by Gasteiger charge is 2.27. The number of halogens is 1. The van der Waals surface area contributed by atoms with E-state index in [0.29, 0.717) is 30.3 Å². The van der Waals surface area contributed by atoms with Crippen molar-refractivity contribution in [2.75, 3.05) is 45.8 Å². The van der Waals surface area contributed by atoms with Gasteiger partial charge < -0.3 is 19.5 Å². The van der Waals surface area contributed by atoms with Crippen LogP contribution in [0.5, 0.6) is 11.5 Å². The maximum Gasteiger partial charge on any atom is 0.243 e. The van der Waals surface area contributed by atoms with Gasteiger partial charge in [0.05, 0.1) is 49.5 Å². The lowest BCUT2D eigenvalue weighted by Crippen LogP contribution is -2.40. The minimum absolute atomic E-state index is 0.0178. The average Bonchev–Trinajstić information content (AvgIpc) is 2.76. The number of nitrogens with one attached hydrogen (secondary N) is 1. The molecule has 162 valence electrons. The lowest BCUT2D eigenvalue weighted by Gasteiger charge is -2.26. The van der Waals surface area contributed by atoms with Crippen LogP contribution in [0.2, 0.25) is 5.02 Å². The van der Waals surface area contributed by atoms with Gasteiger partial charge in [-0.05, 0) is 24.3 Å². The fourth-order valence-electron chi connectivity index (χ4n) is 3.06. The van der Waals surface area contributed by atoms with E-state index in [2.05, 4.69) is 5.32 Å². The molecule has 1 saturated heterocycles. The molecule has 1 aliphatic heterocycles. The van der Waals surface area contributed by atoms with E-state index >= 15 is 0 Å². The van der Waals surface area contributed by atoms with Crippen LogP contribution in [0.3, 0.4) is 0 Å². The Morgan fingerprint density at radius 1 is 1.13 bits per heavy atom. The maximum absolute atomic E-state index is 12.9. The molecule has 0 unspecified atom stereocenters. The van der Waals surface area contributed by atoms with Crippen LogP contribution in [-0.2, 0) is 26.0 Å². The lowest BCUT2D eigenvalue weighted by molar-refractivity contribution is -0.115. The smallest absolute Gasteiger partial charge is 0.243 e. The number of morpholine rings is 1. The fourth-order valence-corrected chi connectivity index (χ4v) is 4.66. The fraction of sp³-hybridized carbons (Fsp3) is 0.350. The Morgan fingerprint density at radius 3 is 2.53 bits per heavy atom. The van der Waals surface area contributed by atoms with E-state index in [0.717, 1.165) is 0 Å². The molecule has 1 N–H and O–H groups in total. The molecular weight excluding hydrogens is 432 g/mol. The van der Waals surface area contributed by atoms with E-state index in [4.69, 9.17) is 25.8 Å². The third kappa shape index (κ3) is 5.04. The highest BCUT2D eigenvalue weighted by molar-refractivity contribution is 7.89. The third-order valence-electron chi connectivity index (χ3n) is 4.66. The summed E-state index contributed by atoms with van der Waals surface area (Å²) in [5, 5.41) is 2.93. The number of hydrogen-bond acceptors (Lipinski definition) is 6. The van der Waals surface area contributed by atoms with Crippen molar-refractivity contribution in [3.63, 3.8) is 0 Å². The number of benzene rings is 2. The van der Waals surface area contributed by atoms with E-state index < -0.39 is 10.0 Å². The quantitative estimate of drug-likeness (QED) is 0.691. The van der Waals surface area contributed by atoms with Crippen molar-refractivity contribution in [3.05, 3.63) is 47.0 Å². The van der Waals surface area contributed by atoms with Crippen molar-refractivity contribution in [3.8, 4) is 11.5 Å². The van der Waals surface area contributed by atoms with Crippen molar-refractivity contribution < 1.29 is 27.4 Å². The first-order valence-corrected chi connectivity index (χ1v) is 11.0. The van der Waals surface area contributed by atoms with Crippen LogP contribution < -0.4 is 14.8 Å². The molecule has 3 rings (SSSR count). The molecule has 1 heterocycles. The normalized spacial score (nSPS) is 14.9. The second kappa shape index (κ2) is 9.65. The number of carbonyl (C=O) groups excluding carboxylic acids is 1. The van der Waals surface area contributed by atoms with Gasteiger partial charge in [0.2, 0.25) is 15.9 Å². The van der Waals surface area contributed by atoms with Crippen molar-refractivity contribution in [2.45, 2.75) is 11.3 Å². The summed E-state index contributed by atoms with van der Waals surface area (Å²) in [6.07, 6.45) is 0.0178. The number of carbonyl (C=O) groups is 1. The Labute approximate surface area is 180 Å². The lowest BCUT2D eigenvalue weighted by atomic mass is 10.1. The van der Waals surface area contributed by atoms with Gasteiger partial charge in [-0.2, -0.15) is 4.31 Å². The van der Waals surface area contributed by atoms with Crippen LogP contribution >= 0.6 is 11.6 Å². The summed E-state index contributed by atoms with van der Waals surface area (Å²) in [6.45, 7) is 1.26. The van der Waals surface area contributed by atoms with Gasteiger partial charge in [-0.25, -0.2) is 8.42 Å². The summed E-state index contributed by atoms with van der Waals surface area (Å²) < 4.78 is 42.8. The summed E-state index contributed by atoms with van der Waals surface area (Å²) in [5.41, 5.74) is 0.882. The molecule has 2 aromatic carbocycles. The second-order valence-corrected chi connectivity index (χ2v) is 8.91. The number of methoxy groups -OCH3 is 2. The SMILES string of the molecule is COc1ccc(CC(=O)Nc2cc(S(=O)(=O)N3CCOCC3)ccc2Cl)c(OC)c1. The molecule has 10 heteroatoms. The van der Waals surface area contributed by atoms with Crippen molar-refractivity contribution >= 4 is 33.2 Å². The van der Waals surface area contributed by atoms with Crippen LogP contribution in [0.15, 0.2) is 41.3 Å². The topological polar surface area (TPSA) is 94.2 Å². The standard InChI is InChI=1S/C20H23ClN2O6S/c1-27-15-4-3-14(19(12-15)28-2)11-20(24)22-18-13-16(5-6-17(18)21)30(25,26)23-7-9-29-10-8-23/h3-6,12-13H,7-11H2,1-2H3,(H,22,24). The Bertz CT molecular complexity index is 1020. The van der Waals surface area contributed by atoms with E-state index in [1.54, 1.807) is 25.3 Å². The van der Waals surface area contributed by atoms with Crippen molar-refractivity contribution in [2.24, 2.45) is 0 Å². The highest BCUT2D eigenvalue weighted by atomic mass is 35.5. The molecule has 0 spiro atoms. The van der Waals surface area contributed by atoms with Gasteiger partial charge in [0.15, 0.2) is 0 Å². The van der Waals surface area contributed by atoms with Crippen LogP contribution in [0.1, 0.15) is 5.56 Å². The van der Waals surface area contributed by atoms with E-state index in [1.807, 2.05) is 0 Å². The van der Waals surface area contributed by atoms with Gasteiger partial charge in [0.1, 0.15) is 11.5 Å². The van der Waals surface area contributed by atoms with Gasteiger partial charge in [-0.15, -0.1) is 0 Å². The van der Waals surface area contributed by atoms with Gasteiger partial charge in [-0.1, -0.05) is 17.7 Å². The average molecular weight is 455 g/mol. The van der Waals surface area contributed by atoms with Crippen LogP contribution in [0.25, 0.3) is 0 Å². The summed E-state index contributed by atoms with van der Waals surface area (Å²) >= 11 is 6.19. The molecule has 1 aliphatic rings. The Hall–Kier alpha value is -2.33. The van der Waals surface area contributed by atoms with Crippen molar-refractivity contribution in [1.29, 1.82) is 0 Å². The van der Waals surface area contributed by atoms with Gasteiger partial charge in [0.25, 0.3) is 0 Å².